The number of nitrogen functional groups attached to an aromatic ring is 1. The molecule has 2 N–H and O–H groups in total. The lowest BCUT2D eigenvalue weighted by Gasteiger charge is -2.34. The van der Waals surface area contributed by atoms with Crippen LogP contribution in [0.2, 0.25) is 0 Å². The molecule has 2 aromatic carbocycles. The number of hydrogen-bond acceptors (Lipinski definition) is 5. The number of fused-ring (bicyclic) bond motifs is 1. The topological polar surface area (TPSA) is 77.0 Å². The summed E-state index contributed by atoms with van der Waals surface area (Å²) in [6.07, 6.45) is 1.78. The highest BCUT2D eigenvalue weighted by Crippen LogP contribution is 2.24. The molecule has 0 spiro atoms. The zero-order valence-electron chi connectivity index (χ0n) is 16.9. The van der Waals surface area contributed by atoms with Crippen molar-refractivity contribution in [3.05, 3.63) is 53.9 Å². The summed E-state index contributed by atoms with van der Waals surface area (Å²) in [6, 6.07) is 14.5. The summed E-state index contributed by atoms with van der Waals surface area (Å²) in [6.45, 7) is 6.09. The summed E-state index contributed by atoms with van der Waals surface area (Å²) in [5, 5.41) is 11.5. The SMILES string of the molecule is CC1CC(C)CN(C(=O)CSc2nnc(Cc3cccc4ccccc34)n2N)C1. The van der Waals surface area contributed by atoms with Crippen LogP contribution >= 0.6 is 11.8 Å². The summed E-state index contributed by atoms with van der Waals surface area (Å²) in [5.74, 6) is 8.53. The van der Waals surface area contributed by atoms with Gasteiger partial charge in [-0.3, -0.25) is 4.79 Å². The summed E-state index contributed by atoms with van der Waals surface area (Å²) in [4.78, 5) is 14.6. The van der Waals surface area contributed by atoms with Gasteiger partial charge >= 0.3 is 0 Å². The molecule has 2 heterocycles. The lowest BCUT2D eigenvalue weighted by atomic mass is 9.92. The number of hydrogen-bond donors (Lipinski definition) is 1. The fraction of sp³-hybridized carbons (Fsp3) is 0.409. The maximum absolute atomic E-state index is 12.6. The first-order chi connectivity index (χ1) is 14.0. The molecule has 4 rings (SSSR count). The number of piperidine rings is 1. The van der Waals surface area contributed by atoms with E-state index in [1.165, 1.54) is 33.6 Å². The fourth-order valence-corrected chi connectivity index (χ4v) is 5.01. The summed E-state index contributed by atoms with van der Waals surface area (Å²) in [7, 11) is 0. The molecule has 1 saturated heterocycles. The van der Waals surface area contributed by atoms with E-state index in [0.29, 0.717) is 35.0 Å². The highest BCUT2D eigenvalue weighted by atomic mass is 32.2. The molecule has 0 aliphatic carbocycles. The van der Waals surface area contributed by atoms with Gasteiger partial charge in [0.15, 0.2) is 5.82 Å². The molecule has 1 aliphatic rings. The Hall–Kier alpha value is -2.54. The number of amides is 1. The van der Waals surface area contributed by atoms with Crippen molar-refractivity contribution in [3.8, 4) is 0 Å². The van der Waals surface area contributed by atoms with Gasteiger partial charge in [-0.25, -0.2) is 4.68 Å². The third-order valence-electron chi connectivity index (χ3n) is 5.51. The highest BCUT2D eigenvalue weighted by molar-refractivity contribution is 7.99. The Morgan fingerprint density at radius 3 is 2.62 bits per heavy atom. The molecule has 29 heavy (non-hydrogen) atoms. The van der Waals surface area contributed by atoms with Crippen molar-refractivity contribution in [2.24, 2.45) is 11.8 Å². The van der Waals surface area contributed by atoms with E-state index in [4.69, 9.17) is 5.84 Å². The first-order valence-corrected chi connectivity index (χ1v) is 11.1. The second-order valence-corrected chi connectivity index (χ2v) is 9.06. The van der Waals surface area contributed by atoms with E-state index in [0.717, 1.165) is 18.7 Å². The minimum atomic E-state index is 0.145. The zero-order chi connectivity index (χ0) is 20.4. The van der Waals surface area contributed by atoms with Crippen LogP contribution in [0.25, 0.3) is 10.8 Å². The number of thioether (sulfide) groups is 1. The molecule has 3 aromatic rings. The van der Waals surface area contributed by atoms with Crippen LogP contribution in [0.4, 0.5) is 0 Å². The van der Waals surface area contributed by atoms with Crippen LogP contribution in [0.15, 0.2) is 47.6 Å². The molecule has 0 radical (unpaired) electrons. The average Bonchev–Trinajstić information content (AvgIpc) is 3.05. The number of likely N-dealkylation sites (tertiary alicyclic amines) is 1. The third-order valence-corrected chi connectivity index (χ3v) is 6.44. The smallest absolute Gasteiger partial charge is 0.233 e. The van der Waals surface area contributed by atoms with Crippen LogP contribution in [-0.2, 0) is 11.2 Å². The van der Waals surface area contributed by atoms with E-state index in [-0.39, 0.29) is 5.91 Å². The van der Waals surface area contributed by atoms with E-state index in [1.807, 2.05) is 23.1 Å². The lowest BCUT2D eigenvalue weighted by molar-refractivity contribution is -0.130. The van der Waals surface area contributed by atoms with Gasteiger partial charge in [0.25, 0.3) is 0 Å². The molecule has 152 valence electrons. The van der Waals surface area contributed by atoms with Crippen molar-refractivity contribution in [3.63, 3.8) is 0 Å². The van der Waals surface area contributed by atoms with E-state index in [9.17, 15) is 4.79 Å². The van der Waals surface area contributed by atoms with Gasteiger partial charge in [-0.2, -0.15) is 0 Å². The predicted molar refractivity (Wildman–Crippen MR) is 117 cm³/mol. The lowest BCUT2D eigenvalue weighted by Crippen LogP contribution is -2.43. The van der Waals surface area contributed by atoms with Crippen LogP contribution in [0.1, 0.15) is 31.7 Å². The van der Waals surface area contributed by atoms with E-state index >= 15 is 0 Å². The fourth-order valence-electron chi connectivity index (χ4n) is 4.23. The van der Waals surface area contributed by atoms with Crippen molar-refractivity contribution < 1.29 is 4.79 Å². The van der Waals surface area contributed by atoms with Gasteiger partial charge in [0, 0.05) is 19.5 Å². The second-order valence-electron chi connectivity index (χ2n) is 8.12. The molecule has 0 bridgehead atoms. The molecule has 7 heteroatoms. The molecule has 1 aliphatic heterocycles. The maximum Gasteiger partial charge on any atom is 0.233 e. The normalized spacial score (nSPS) is 19.6. The number of aromatic nitrogens is 3. The van der Waals surface area contributed by atoms with Crippen LogP contribution < -0.4 is 5.84 Å². The Bertz CT molecular complexity index is 1000. The molecule has 2 atom stereocenters. The van der Waals surface area contributed by atoms with Gasteiger partial charge in [-0.1, -0.05) is 68.1 Å². The highest BCUT2D eigenvalue weighted by Gasteiger charge is 2.25. The Morgan fingerprint density at radius 1 is 1.10 bits per heavy atom. The van der Waals surface area contributed by atoms with Gasteiger partial charge in [-0.05, 0) is 34.6 Å². The van der Waals surface area contributed by atoms with E-state index in [1.54, 1.807) is 0 Å². The van der Waals surface area contributed by atoms with Crippen LogP contribution in [0.3, 0.4) is 0 Å². The van der Waals surface area contributed by atoms with Crippen molar-refractivity contribution in [2.45, 2.75) is 31.8 Å². The molecule has 2 unspecified atom stereocenters. The molecular weight excluding hydrogens is 382 g/mol. The monoisotopic (exact) mass is 409 g/mol. The van der Waals surface area contributed by atoms with Crippen molar-refractivity contribution in [1.29, 1.82) is 0 Å². The van der Waals surface area contributed by atoms with Gasteiger partial charge in [0.05, 0.1) is 5.75 Å². The summed E-state index contributed by atoms with van der Waals surface area (Å²) >= 11 is 1.36. The number of nitrogens with two attached hydrogens (primary N) is 1. The number of nitrogens with zero attached hydrogens (tertiary/aromatic N) is 4. The average molecular weight is 410 g/mol. The molecule has 1 fully saturated rings. The standard InChI is InChI=1S/C22H27N5OS/c1-15-10-16(2)13-26(12-15)21(28)14-29-22-25-24-20(27(22)23)11-18-8-5-7-17-6-3-4-9-19(17)18/h3-9,15-16H,10-14,23H2,1-2H3. The minimum absolute atomic E-state index is 0.145. The van der Waals surface area contributed by atoms with Gasteiger partial charge < -0.3 is 10.7 Å². The molecule has 6 nitrogen and oxygen atoms in total. The van der Waals surface area contributed by atoms with Gasteiger partial charge in [0.2, 0.25) is 11.1 Å². The molecule has 1 amide bonds. The van der Waals surface area contributed by atoms with Gasteiger partial charge in [-0.15, -0.1) is 10.2 Å². The van der Waals surface area contributed by atoms with E-state index < -0.39 is 0 Å². The Balaban J connectivity index is 1.43. The molecule has 0 saturated carbocycles. The summed E-state index contributed by atoms with van der Waals surface area (Å²) < 4.78 is 1.52. The van der Waals surface area contributed by atoms with E-state index in [2.05, 4.69) is 48.3 Å². The van der Waals surface area contributed by atoms with Gasteiger partial charge in [0.1, 0.15) is 0 Å². The van der Waals surface area contributed by atoms with Crippen LogP contribution in [0.5, 0.6) is 0 Å². The number of carbonyl (C=O) groups excluding carboxylic acids is 1. The number of rotatable bonds is 5. The Morgan fingerprint density at radius 2 is 1.83 bits per heavy atom. The third kappa shape index (κ3) is 4.40. The molecular formula is C22H27N5OS. The number of benzene rings is 2. The maximum atomic E-state index is 12.6. The Labute approximate surface area is 175 Å². The van der Waals surface area contributed by atoms with Crippen molar-refractivity contribution >= 4 is 28.4 Å². The van der Waals surface area contributed by atoms with Crippen molar-refractivity contribution in [1.82, 2.24) is 19.8 Å². The summed E-state index contributed by atoms with van der Waals surface area (Å²) in [5.41, 5.74) is 1.16. The zero-order valence-corrected chi connectivity index (χ0v) is 17.7. The number of carbonyl (C=O) groups is 1. The van der Waals surface area contributed by atoms with Crippen molar-refractivity contribution in [2.75, 3.05) is 24.7 Å². The quantitative estimate of drug-likeness (QED) is 0.517. The molecule has 1 aromatic heterocycles. The van der Waals surface area contributed by atoms with Crippen LogP contribution in [0, 0.1) is 11.8 Å². The first kappa shape index (κ1) is 19.8. The predicted octanol–water partition coefficient (Wildman–Crippen LogP) is 3.33. The largest absolute Gasteiger partial charge is 0.341 e. The Kier molecular flexibility index (Phi) is 5.76. The first-order valence-electron chi connectivity index (χ1n) is 10.1. The van der Waals surface area contributed by atoms with Crippen LogP contribution in [-0.4, -0.2) is 44.5 Å². The second kappa shape index (κ2) is 8.45. The minimum Gasteiger partial charge on any atom is -0.341 e.